The fourth-order valence-corrected chi connectivity index (χ4v) is 4.15. The SMILES string of the molecule is CCOC(=O)c1[nH]c2cc(Cl)ccc2c1C(C(=O)NC(C)(C)C)N(C=O)Cc1ccc(F)c(F)c1C. The summed E-state index contributed by atoms with van der Waals surface area (Å²) in [5.41, 5.74) is 0.278. The molecule has 0 saturated carbocycles. The number of fused-ring (bicyclic) bond motifs is 1. The Hall–Kier alpha value is -3.46. The Bertz CT molecular complexity index is 1320. The predicted octanol–water partition coefficient (Wildman–Crippen LogP) is 5.20. The van der Waals surface area contributed by atoms with Gasteiger partial charge in [-0.15, -0.1) is 0 Å². The second kappa shape index (κ2) is 10.7. The van der Waals surface area contributed by atoms with Gasteiger partial charge in [-0.05, 0) is 63.9 Å². The zero-order valence-electron chi connectivity index (χ0n) is 20.7. The molecule has 7 nitrogen and oxygen atoms in total. The number of carbonyl (C=O) groups is 3. The van der Waals surface area contributed by atoms with Crippen molar-refractivity contribution in [2.75, 3.05) is 6.61 Å². The van der Waals surface area contributed by atoms with Gasteiger partial charge >= 0.3 is 5.97 Å². The van der Waals surface area contributed by atoms with Crippen LogP contribution in [0.1, 0.15) is 60.9 Å². The summed E-state index contributed by atoms with van der Waals surface area (Å²) < 4.78 is 33.2. The lowest BCUT2D eigenvalue weighted by molar-refractivity contribution is -0.134. The second-order valence-corrected chi connectivity index (χ2v) is 9.83. The van der Waals surface area contributed by atoms with E-state index in [1.807, 2.05) is 0 Å². The lowest BCUT2D eigenvalue weighted by atomic mass is 9.97. The van der Waals surface area contributed by atoms with Crippen LogP contribution in [-0.2, 0) is 20.9 Å². The van der Waals surface area contributed by atoms with Crippen molar-refractivity contribution in [1.29, 1.82) is 0 Å². The molecule has 0 bridgehead atoms. The molecule has 1 unspecified atom stereocenters. The molecule has 10 heteroatoms. The third kappa shape index (κ3) is 5.67. The topological polar surface area (TPSA) is 91.5 Å². The lowest BCUT2D eigenvalue weighted by Gasteiger charge is -2.31. The van der Waals surface area contributed by atoms with E-state index in [0.717, 1.165) is 11.0 Å². The molecule has 0 aliphatic carbocycles. The molecule has 2 amide bonds. The van der Waals surface area contributed by atoms with Crippen LogP contribution >= 0.6 is 11.6 Å². The molecule has 36 heavy (non-hydrogen) atoms. The van der Waals surface area contributed by atoms with Gasteiger partial charge in [0.05, 0.1) is 6.61 Å². The van der Waals surface area contributed by atoms with Crippen molar-refractivity contribution >= 4 is 40.8 Å². The number of H-pyrrole nitrogens is 1. The Kier molecular flexibility index (Phi) is 8.03. The molecule has 0 aliphatic heterocycles. The third-order valence-corrected chi connectivity index (χ3v) is 5.81. The number of aromatic nitrogens is 1. The first-order valence-electron chi connectivity index (χ1n) is 11.3. The molecule has 1 aromatic heterocycles. The zero-order valence-corrected chi connectivity index (χ0v) is 21.4. The van der Waals surface area contributed by atoms with Gasteiger partial charge in [-0.3, -0.25) is 9.59 Å². The van der Waals surface area contributed by atoms with Crippen LogP contribution in [0.4, 0.5) is 8.78 Å². The van der Waals surface area contributed by atoms with E-state index in [9.17, 15) is 23.2 Å². The number of esters is 1. The van der Waals surface area contributed by atoms with Gasteiger partial charge in [0, 0.05) is 33.6 Å². The highest BCUT2D eigenvalue weighted by atomic mass is 35.5. The Morgan fingerprint density at radius 2 is 1.92 bits per heavy atom. The minimum Gasteiger partial charge on any atom is -0.461 e. The van der Waals surface area contributed by atoms with Gasteiger partial charge < -0.3 is 19.9 Å². The molecular formula is C26H28ClF2N3O4. The van der Waals surface area contributed by atoms with Gasteiger partial charge in [-0.2, -0.15) is 0 Å². The normalized spacial score (nSPS) is 12.3. The number of halogens is 3. The average Bonchev–Trinajstić information content (AvgIpc) is 3.15. The number of carbonyl (C=O) groups excluding carboxylic acids is 3. The fraction of sp³-hybridized carbons (Fsp3) is 0.346. The molecule has 3 aromatic rings. The van der Waals surface area contributed by atoms with E-state index >= 15 is 0 Å². The van der Waals surface area contributed by atoms with E-state index in [-0.39, 0.29) is 30.0 Å². The summed E-state index contributed by atoms with van der Waals surface area (Å²) in [6, 6.07) is 5.82. The summed E-state index contributed by atoms with van der Waals surface area (Å²) in [6.07, 6.45) is 0.442. The third-order valence-electron chi connectivity index (χ3n) is 5.57. The standard InChI is InChI=1S/C26H28ClF2N3O4/c1-6-36-25(35)22-20(17-9-8-16(27)11-19(17)30-22)23(24(34)31-26(3,4)5)32(13-33)12-15-7-10-18(28)21(29)14(15)2/h7-11,13,23,30H,6,12H2,1-5H3,(H,31,34). The maximum atomic E-state index is 14.3. The van der Waals surface area contributed by atoms with E-state index in [0.29, 0.717) is 27.9 Å². The van der Waals surface area contributed by atoms with Crippen LogP contribution < -0.4 is 5.32 Å². The number of ether oxygens (including phenoxy) is 1. The first-order valence-corrected chi connectivity index (χ1v) is 11.7. The summed E-state index contributed by atoms with van der Waals surface area (Å²) in [5.74, 6) is -3.35. The van der Waals surface area contributed by atoms with Gasteiger partial charge in [0.1, 0.15) is 11.7 Å². The molecule has 0 saturated heterocycles. The second-order valence-electron chi connectivity index (χ2n) is 9.39. The molecule has 0 radical (unpaired) electrons. The van der Waals surface area contributed by atoms with Crippen LogP contribution in [0.2, 0.25) is 5.02 Å². The number of hydrogen-bond acceptors (Lipinski definition) is 4. The first kappa shape index (κ1) is 27.1. The molecule has 0 spiro atoms. The number of nitrogens with zero attached hydrogens (tertiary/aromatic N) is 1. The smallest absolute Gasteiger partial charge is 0.355 e. The Morgan fingerprint density at radius 3 is 2.53 bits per heavy atom. The summed E-state index contributed by atoms with van der Waals surface area (Å²) in [6.45, 7) is 8.20. The lowest BCUT2D eigenvalue weighted by Crippen LogP contribution is -2.47. The van der Waals surface area contributed by atoms with Gasteiger partial charge in [0.15, 0.2) is 11.6 Å². The Morgan fingerprint density at radius 1 is 1.22 bits per heavy atom. The van der Waals surface area contributed by atoms with Crippen LogP contribution in [0.5, 0.6) is 0 Å². The van der Waals surface area contributed by atoms with Gasteiger partial charge in [-0.1, -0.05) is 23.7 Å². The Labute approximate surface area is 212 Å². The maximum Gasteiger partial charge on any atom is 0.355 e. The zero-order chi connectivity index (χ0) is 26.8. The van der Waals surface area contributed by atoms with Crippen LogP contribution in [0.15, 0.2) is 30.3 Å². The highest BCUT2D eigenvalue weighted by molar-refractivity contribution is 6.31. The minimum absolute atomic E-state index is 0.00755. The van der Waals surface area contributed by atoms with E-state index in [1.54, 1.807) is 45.9 Å². The molecule has 3 rings (SSSR count). The predicted molar refractivity (Wildman–Crippen MR) is 133 cm³/mol. The van der Waals surface area contributed by atoms with Gasteiger partial charge in [0.25, 0.3) is 0 Å². The molecule has 0 fully saturated rings. The molecule has 192 valence electrons. The van der Waals surface area contributed by atoms with Crippen LogP contribution in [0.25, 0.3) is 10.9 Å². The van der Waals surface area contributed by atoms with E-state index < -0.39 is 35.1 Å². The van der Waals surface area contributed by atoms with Crippen molar-refractivity contribution in [2.24, 2.45) is 0 Å². The molecule has 2 N–H and O–H groups in total. The van der Waals surface area contributed by atoms with Gasteiger partial charge in [-0.25, -0.2) is 13.6 Å². The first-order chi connectivity index (χ1) is 16.9. The summed E-state index contributed by atoms with van der Waals surface area (Å²) in [5, 5.41) is 3.72. The number of hydrogen-bond donors (Lipinski definition) is 2. The van der Waals surface area contributed by atoms with Crippen LogP contribution in [-0.4, -0.2) is 40.3 Å². The molecule has 1 atom stereocenters. The number of rotatable bonds is 8. The van der Waals surface area contributed by atoms with Crippen molar-refractivity contribution < 1.29 is 27.9 Å². The minimum atomic E-state index is -1.32. The molecular weight excluding hydrogens is 492 g/mol. The molecule has 2 aromatic carbocycles. The number of benzene rings is 2. The van der Waals surface area contributed by atoms with Crippen molar-refractivity contribution in [3.05, 3.63) is 69.4 Å². The van der Waals surface area contributed by atoms with Crippen LogP contribution in [0.3, 0.4) is 0 Å². The van der Waals surface area contributed by atoms with Crippen molar-refractivity contribution in [3.8, 4) is 0 Å². The number of amides is 2. The summed E-state index contributed by atoms with van der Waals surface area (Å²) in [4.78, 5) is 43.1. The largest absolute Gasteiger partial charge is 0.461 e. The number of nitrogens with one attached hydrogen (secondary N) is 2. The van der Waals surface area contributed by atoms with Crippen molar-refractivity contribution in [3.63, 3.8) is 0 Å². The van der Waals surface area contributed by atoms with Crippen molar-refractivity contribution in [2.45, 2.75) is 52.7 Å². The van der Waals surface area contributed by atoms with Gasteiger partial charge in [0.2, 0.25) is 12.3 Å². The summed E-state index contributed by atoms with van der Waals surface area (Å²) >= 11 is 6.14. The molecule has 1 heterocycles. The van der Waals surface area contributed by atoms with E-state index in [4.69, 9.17) is 16.3 Å². The maximum absolute atomic E-state index is 14.3. The monoisotopic (exact) mass is 519 g/mol. The number of aromatic amines is 1. The Balaban J connectivity index is 2.25. The summed E-state index contributed by atoms with van der Waals surface area (Å²) in [7, 11) is 0. The van der Waals surface area contributed by atoms with Crippen LogP contribution in [0, 0.1) is 18.6 Å². The van der Waals surface area contributed by atoms with Crippen molar-refractivity contribution in [1.82, 2.24) is 15.2 Å². The molecule has 0 aliphatic rings. The van der Waals surface area contributed by atoms with E-state index in [1.165, 1.54) is 13.0 Å². The highest BCUT2D eigenvalue weighted by Crippen LogP contribution is 2.35. The highest BCUT2D eigenvalue weighted by Gasteiger charge is 2.36. The van der Waals surface area contributed by atoms with E-state index in [2.05, 4.69) is 10.3 Å². The average molecular weight is 520 g/mol. The quantitative estimate of drug-likeness (QED) is 0.316. The fourth-order valence-electron chi connectivity index (χ4n) is 3.97.